The van der Waals surface area contributed by atoms with Gasteiger partial charge in [-0.1, -0.05) is 36.4 Å². The van der Waals surface area contributed by atoms with E-state index in [-0.39, 0.29) is 19.3 Å². The van der Waals surface area contributed by atoms with Crippen molar-refractivity contribution in [2.75, 3.05) is 39.8 Å². The van der Waals surface area contributed by atoms with Gasteiger partial charge in [0, 0.05) is 26.9 Å². The monoisotopic (exact) mass is 415 g/mol. The number of carbonyl (C=O) groups is 2. The lowest BCUT2D eigenvalue weighted by Gasteiger charge is -2.46. The molecule has 30 heavy (non-hydrogen) atoms. The van der Waals surface area contributed by atoms with Crippen molar-refractivity contribution < 1.29 is 33.4 Å². The minimum atomic E-state index is -1.24. The third-order valence-corrected chi connectivity index (χ3v) is 6.15. The number of ether oxygens (including phenoxy) is 4. The Bertz CT molecular complexity index is 920. The number of nitrogens with zero attached hydrogens (tertiary/aromatic N) is 1. The molecule has 0 unspecified atom stereocenters. The van der Waals surface area contributed by atoms with E-state index in [9.17, 15) is 9.59 Å². The fourth-order valence-corrected chi connectivity index (χ4v) is 4.94. The number of rotatable bonds is 7. The maximum absolute atomic E-state index is 13.8. The number of esters is 1. The molecule has 1 heterocycles. The highest BCUT2D eigenvalue weighted by Gasteiger charge is 2.68. The first kappa shape index (κ1) is 20.7. The topological polar surface area (TPSA) is 83.5 Å². The van der Waals surface area contributed by atoms with E-state index in [1.165, 1.54) is 26.4 Å². The molecule has 1 aromatic carbocycles. The molecule has 1 amide bonds. The number of fused-ring (bicyclic) bond motifs is 5. The van der Waals surface area contributed by atoms with Gasteiger partial charge in [0.15, 0.2) is 12.6 Å². The van der Waals surface area contributed by atoms with Gasteiger partial charge in [-0.15, -0.1) is 0 Å². The lowest BCUT2D eigenvalue weighted by Crippen LogP contribution is -2.58. The van der Waals surface area contributed by atoms with Gasteiger partial charge in [0.25, 0.3) is 5.91 Å². The number of anilines is 1. The number of methoxy groups -OCH3 is 3. The Morgan fingerprint density at radius 2 is 1.90 bits per heavy atom. The van der Waals surface area contributed by atoms with E-state index in [0.717, 1.165) is 5.56 Å². The zero-order valence-electron chi connectivity index (χ0n) is 17.4. The summed E-state index contributed by atoms with van der Waals surface area (Å²) in [6.07, 6.45) is 5.39. The first-order chi connectivity index (χ1) is 14.5. The molecule has 0 N–H and O–H groups in total. The minimum Gasteiger partial charge on any atom is -0.463 e. The van der Waals surface area contributed by atoms with Gasteiger partial charge in [0.1, 0.15) is 5.41 Å². The van der Waals surface area contributed by atoms with Gasteiger partial charge in [-0.05, 0) is 18.6 Å². The normalized spacial score (nSPS) is 28.1. The van der Waals surface area contributed by atoms with E-state index >= 15 is 0 Å². The number of carbonyl (C=O) groups excluding carboxylic acids is 2. The molecule has 160 valence electrons. The quantitative estimate of drug-likeness (QED) is 0.383. The Balaban J connectivity index is 1.91. The number of amides is 1. The summed E-state index contributed by atoms with van der Waals surface area (Å²) in [6, 6.07) is 7.38. The smallest absolute Gasteiger partial charge is 0.334 e. The van der Waals surface area contributed by atoms with Crippen LogP contribution in [0, 0.1) is 11.8 Å². The molecule has 0 fully saturated rings. The van der Waals surface area contributed by atoms with Crippen LogP contribution in [-0.4, -0.2) is 52.4 Å². The van der Waals surface area contributed by atoms with Gasteiger partial charge < -0.3 is 18.9 Å². The van der Waals surface area contributed by atoms with E-state index in [1.807, 2.05) is 30.3 Å². The summed E-state index contributed by atoms with van der Waals surface area (Å²) in [6.45, 7) is 1.91. The lowest BCUT2D eigenvalue weighted by molar-refractivity contribution is -0.251. The molecule has 1 aromatic rings. The van der Waals surface area contributed by atoms with Crippen LogP contribution in [0.4, 0.5) is 5.69 Å². The SMILES string of the molecule is CCOC(=O)C1=C[C@H]2C(OC)(OC)[C@@H]1C=C[C@@]21C(=O)N(OCOC)c2ccccc21. The van der Waals surface area contributed by atoms with Crippen LogP contribution in [0.25, 0.3) is 0 Å². The van der Waals surface area contributed by atoms with Crippen LogP contribution in [0.3, 0.4) is 0 Å². The third-order valence-electron chi connectivity index (χ3n) is 6.15. The average molecular weight is 415 g/mol. The molecular weight excluding hydrogens is 390 g/mol. The van der Waals surface area contributed by atoms with Crippen molar-refractivity contribution >= 4 is 17.6 Å². The molecule has 3 atom stereocenters. The molecule has 2 bridgehead atoms. The zero-order chi connectivity index (χ0) is 21.5. The van der Waals surface area contributed by atoms with Crippen molar-refractivity contribution in [1.82, 2.24) is 0 Å². The summed E-state index contributed by atoms with van der Waals surface area (Å²) in [7, 11) is 4.52. The number of hydrogen-bond donors (Lipinski definition) is 0. The Morgan fingerprint density at radius 3 is 2.57 bits per heavy atom. The van der Waals surface area contributed by atoms with Crippen LogP contribution in [0.5, 0.6) is 0 Å². The van der Waals surface area contributed by atoms with Crippen LogP contribution in [0.1, 0.15) is 12.5 Å². The largest absolute Gasteiger partial charge is 0.463 e. The van der Waals surface area contributed by atoms with Gasteiger partial charge in [-0.2, -0.15) is 5.06 Å². The molecule has 8 heteroatoms. The molecule has 3 aliphatic rings. The van der Waals surface area contributed by atoms with Crippen molar-refractivity contribution in [2.24, 2.45) is 11.8 Å². The van der Waals surface area contributed by atoms with Crippen LogP contribution in [0.15, 0.2) is 48.1 Å². The second kappa shape index (κ2) is 7.63. The number of hydroxylamine groups is 1. The number of hydrogen-bond acceptors (Lipinski definition) is 7. The molecule has 8 nitrogen and oxygen atoms in total. The van der Waals surface area contributed by atoms with E-state index in [1.54, 1.807) is 19.1 Å². The van der Waals surface area contributed by atoms with Crippen LogP contribution in [0.2, 0.25) is 0 Å². The number of para-hydroxylation sites is 1. The van der Waals surface area contributed by atoms with Crippen molar-refractivity contribution in [2.45, 2.75) is 18.1 Å². The Labute approximate surface area is 174 Å². The Kier molecular flexibility index (Phi) is 5.27. The van der Waals surface area contributed by atoms with E-state index in [4.69, 9.17) is 23.8 Å². The van der Waals surface area contributed by atoms with Crippen molar-refractivity contribution in [3.05, 3.63) is 53.6 Å². The predicted octanol–water partition coefficient (Wildman–Crippen LogP) is 2.10. The van der Waals surface area contributed by atoms with Gasteiger partial charge in [-0.25, -0.2) is 9.63 Å². The Morgan fingerprint density at radius 1 is 1.17 bits per heavy atom. The second-order valence-electron chi connectivity index (χ2n) is 7.31. The first-order valence-electron chi connectivity index (χ1n) is 9.76. The zero-order valence-corrected chi connectivity index (χ0v) is 17.4. The molecule has 0 radical (unpaired) electrons. The van der Waals surface area contributed by atoms with Gasteiger partial charge >= 0.3 is 5.97 Å². The van der Waals surface area contributed by atoms with E-state index in [2.05, 4.69) is 0 Å². The first-order valence-corrected chi connectivity index (χ1v) is 9.76. The molecule has 0 saturated carbocycles. The molecule has 2 aliphatic carbocycles. The standard InChI is InChI=1S/C22H25NO7/c1-5-29-19(24)14-12-18-21(11-10-15(14)22(18,27-3)28-4)16-8-6-7-9-17(16)23(20(21)25)30-13-26-2/h6-12,15,18H,5,13H2,1-4H3/t15-,18-,21+/m1/s1. The molecule has 0 saturated heterocycles. The summed E-state index contributed by atoms with van der Waals surface area (Å²) < 4.78 is 22.0. The van der Waals surface area contributed by atoms with Crippen LogP contribution in [-0.2, 0) is 38.8 Å². The summed E-state index contributed by atoms with van der Waals surface area (Å²) in [5.41, 5.74) is 0.605. The van der Waals surface area contributed by atoms with Gasteiger partial charge in [-0.3, -0.25) is 4.79 Å². The molecule has 4 rings (SSSR count). The lowest BCUT2D eigenvalue weighted by atomic mass is 9.64. The Hall–Kier alpha value is -2.52. The average Bonchev–Trinajstić information content (AvgIpc) is 3.13. The van der Waals surface area contributed by atoms with Crippen molar-refractivity contribution in [3.63, 3.8) is 0 Å². The van der Waals surface area contributed by atoms with Crippen molar-refractivity contribution in [1.29, 1.82) is 0 Å². The van der Waals surface area contributed by atoms with Gasteiger partial charge in [0.2, 0.25) is 0 Å². The van der Waals surface area contributed by atoms with Crippen LogP contribution < -0.4 is 5.06 Å². The molecular formula is C22H25NO7. The highest BCUT2D eigenvalue weighted by atomic mass is 16.8. The summed E-state index contributed by atoms with van der Waals surface area (Å²) in [5.74, 6) is -3.11. The fourth-order valence-electron chi connectivity index (χ4n) is 4.94. The van der Waals surface area contributed by atoms with E-state index < -0.39 is 29.0 Å². The summed E-state index contributed by atoms with van der Waals surface area (Å²) >= 11 is 0. The molecule has 1 spiro atoms. The third kappa shape index (κ3) is 2.54. The minimum absolute atomic E-state index is 0.0865. The van der Waals surface area contributed by atoms with Crippen LogP contribution >= 0.6 is 0 Å². The fraction of sp³-hybridized carbons (Fsp3) is 0.455. The van der Waals surface area contributed by atoms with Gasteiger partial charge in [0.05, 0.1) is 24.1 Å². The maximum Gasteiger partial charge on any atom is 0.334 e. The maximum atomic E-state index is 13.8. The summed E-state index contributed by atoms with van der Waals surface area (Å²) in [5, 5.41) is 1.25. The molecule has 1 aliphatic heterocycles. The summed E-state index contributed by atoms with van der Waals surface area (Å²) in [4.78, 5) is 32.1. The van der Waals surface area contributed by atoms with E-state index in [0.29, 0.717) is 11.3 Å². The van der Waals surface area contributed by atoms with Crippen molar-refractivity contribution in [3.8, 4) is 0 Å². The molecule has 0 aromatic heterocycles. The second-order valence-corrected chi connectivity index (χ2v) is 7.31. The number of benzene rings is 1. The predicted molar refractivity (Wildman–Crippen MR) is 106 cm³/mol. The highest BCUT2D eigenvalue weighted by molar-refractivity contribution is 6.09. The highest BCUT2D eigenvalue weighted by Crippen LogP contribution is 2.60.